The van der Waals surface area contributed by atoms with Crippen LogP contribution in [-0.2, 0) is 7.05 Å². The highest BCUT2D eigenvalue weighted by Crippen LogP contribution is 2.30. The summed E-state index contributed by atoms with van der Waals surface area (Å²) < 4.78 is 7.18. The molecule has 0 aliphatic heterocycles. The van der Waals surface area contributed by atoms with Crippen molar-refractivity contribution in [2.75, 3.05) is 0 Å². The molecule has 1 atom stereocenters. The van der Waals surface area contributed by atoms with E-state index in [0.29, 0.717) is 27.8 Å². The number of nitrogens with one attached hydrogen (secondary N) is 1. The van der Waals surface area contributed by atoms with Gasteiger partial charge in [-0.05, 0) is 46.2 Å². The van der Waals surface area contributed by atoms with Crippen molar-refractivity contribution in [3.63, 3.8) is 0 Å². The van der Waals surface area contributed by atoms with Crippen molar-refractivity contribution in [2.45, 2.75) is 45.0 Å². The van der Waals surface area contributed by atoms with Crippen molar-refractivity contribution < 1.29 is 14.0 Å². The number of thioether (sulfide) groups is 1. The van der Waals surface area contributed by atoms with Gasteiger partial charge in [0.05, 0.1) is 22.8 Å². The predicted molar refractivity (Wildman–Crippen MR) is 103 cm³/mol. The summed E-state index contributed by atoms with van der Waals surface area (Å²) >= 11 is 1.33. The summed E-state index contributed by atoms with van der Waals surface area (Å²) in [6, 6.07) is 1.84. The minimum atomic E-state index is -0.386. The van der Waals surface area contributed by atoms with Gasteiger partial charge in [-0.1, -0.05) is 11.8 Å². The van der Waals surface area contributed by atoms with Gasteiger partial charge in [-0.2, -0.15) is 0 Å². The highest BCUT2D eigenvalue weighted by Gasteiger charge is 2.26. The van der Waals surface area contributed by atoms with E-state index in [2.05, 4.69) is 15.2 Å². The molecule has 0 spiro atoms. The summed E-state index contributed by atoms with van der Waals surface area (Å²) in [5, 5.41) is 8.70. The highest BCUT2D eigenvalue weighted by atomic mass is 32.2. The maximum Gasteiger partial charge on any atom is 0.192 e. The van der Waals surface area contributed by atoms with Crippen LogP contribution in [-0.4, -0.2) is 36.6 Å². The van der Waals surface area contributed by atoms with Crippen molar-refractivity contribution in [3.05, 3.63) is 40.6 Å². The van der Waals surface area contributed by atoms with E-state index in [0.717, 1.165) is 17.0 Å². The lowest BCUT2D eigenvalue weighted by atomic mass is 10.0. The first-order chi connectivity index (χ1) is 12.7. The quantitative estimate of drug-likeness (QED) is 0.510. The van der Waals surface area contributed by atoms with Gasteiger partial charge in [0.2, 0.25) is 0 Å². The zero-order valence-corrected chi connectivity index (χ0v) is 17.0. The fraction of sp³-hybridized carbons (Fsp3) is 0.368. The Morgan fingerprint density at radius 2 is 1.96 bits per heavy atom. The molecule has 0 saturated heterocycles. The maximum atomic E-state index is 12.9. The van der Waals surface area contributed by atoms with Crippen molar-refractivity contribution >= 4 is 23.3 Å². The molecule has 0 aliphatic rings. The molecule has 7 nitrogen and oxygen atoms in total. The van der Waals surface area contributed by atoms with Gasteiger partial charge >= 0.3 is 0 Å². The number of ketones is 2. The number of Topliss-reactive ketones (excluding diaryl/α,β-unsaturated/α-hetero) is 2. The number of hydrogen-bond donors (Lipinski definition) is 1. The number of nitrogens with zero attached hydrogens (tertiary/aromatic N) is 3. The number of furan rings is 1. The normalized spacial score (nSPS) is 12.4. The van der Waals surface area contributed by atoms with Gasteiger partial charge in [-0.3, -0.25) is 9.59 Å². The Labute approximate surface area is 161 Å². The number of H-pyrrole nitrogens is 1. The fourth-order valence-electron chi connectivity index (χ4n) is 3.21. The average molecular weight is 386 g/mol. The second kappa shape index (κ2) is 7.19. The monoisotopic (exact) mass is 386 g/mol. The molecule has 1 unspecified atom stereocenters. The van der Waals surface area contributed by atoms with Gasteiger partial charge in [-0.25, -0.2) is 0 Å². The number of carbonyl (C=O) groups is 2. The second-order valence-electron chi connectivity index (χ2n) is 6.56. The van der Waals surface area contributed by atoms with E-state index in [4.69, 9.17) is 4.42 Å². The van der Waals surface area contributed by atoms with Gasteiger partial charge in [0.25, 0.3) is 0 Å². The first-order valence-electron chi connectivity index (χ1n) is 8.57. The maximum absolute atomic E-state index is 12.9. The standard InChI is InChI=1S/C19H22N4O3S/c1-9-15(11(3)24)10(2)20-16(9)17(25)13(5)27-19-22-21-18(23(19)6)14-7-8-26-12(14)4/h7-8,13,20H,1-6H3. The van der Waals surface area contributed by atoms with Crippen molar-refractivity contribution in [3.8, 4) is 11.4 Å². The molecular weight excluding hydrogens is 364 g/mol. The van der Waals surface area contributed by atoms with Crippen LogP contribution in [0.3, 0.4) is 0 Å². The molecule has 1 N–H and O–H groups in total. The van der Waals surface area contributed by atoms with Crippen LogP contribution in [0.25, 0.3) is 11.4 Å². The van der Waals surface area contributed by atoms with Crippen LogP contribution in [0.2, 0.25) is 0 Å². The summed E-state index contributed by atoms with van der Waals surface area (Å²) in [4.78, 5) is 27.8. The lowest BCUT2D eigenvalue weighted by Gasteiger charge is -2.10. The van der Waals surface area contributed by atoms with E-state index < -0.39 is 0 Å². The first-order valence-corrected chi connectivity index (χ1v) is 9.45. The Morgan fingerprint density at radius 1 is 1.26 bits per heavy atom. The predicted octanol–water partition coefficient (Wildman–Crippen LogP) is 3.89. The smallest absolute Gasteiger partial charge is 0.192 e. The Hall–Kier alpha value is -2.61. The first kappa shape index (κ1) is 19.2. The molecule has 3 heterocycles. The average Bonchev–Trinajstić information content (AvgIpc) is 3.25. The van der Waals surface area contributed by atoms with Crippen LogP contribution < -0.4 is 0 Å². The van der Waals surface area contributed by atoms with Crippen LogP contribution in [0.15, 0.2) is 21.9 Å². The molecule has 3 rings (SSSR count). The molecule has 0 fully saturated rings. The van der Waals surface area contributed by atoms with E-state index in [1.165, 1.54) is 18.7 Å². The van der Waals surface area contributed by atoms with Crippen molar-refractivity contribution in [1.29, 1.82) is 0 Å². The molecule has 27 heavy (non-hydrogen) atoms. The van der Waals surface area contributed by atoms with Gasteiger partial charge in [-0.15, -0.1) is 10.2 Å². The SMILES string of the molecule is CC(=O)c1c(C)[nH]c(C(=O)C(C)Sc2nnc(-c3ccoc3C)n2C)c1C. The third-order valence-corrected chi connectivity index (χ3v) is 5.76. The third kappa shape index (κ3) is 3.37. The number of carbonyl (C=O) groups excluding carboxylic acids is 2. The number of aryl methyl sites for hydroxylation is 2. The molecule has 3 aromatic heterocycles. The molecule has 0 bridgehead atoms. The number of hydrogen-bond acceptors (Lipinski definition) is 6. The van der Waals surface area contributed by atoms with Crippen LogP contribution in [0.1, 0.15) is 51.7 Å². The zero-order chi connectivity index (χ0) is 19.9. The topological polar surface area (TPSA) is 93.8 Å². The number of aromatic nitrogens is 4. The zero-order valence-electron chi connectivity index (χ0n) is 16.2. The lowest BCUT2D eigenvalue weighted by Crippen LogP contribution is -2.16. The minimum absolute atomic E-state index is 0.0472. The molecule has 0 aliphatic carbocycles. The van der Waals surface area contributed by atoms with Crippen molar-refractivity contribution in [1.82, 2.24) is 19.7 Å². The summed E-state index contributed by atoms with van der Waals surface area (Å²) in [6.07, 6.45) is 1.61. The van der Waals surface area contributed by atoms with Crippen molar-refractivity contribution in [2.24, 2.45) is 7.05 Å². The molecule has 0 saturated carbocycles. The van der Waals surface area contributed by atoms with E-state index in [1.54, 1.807) is 20.1 Å². The summed E-state index contributed by atoms with van der Waals surface area (Å²) in [5.41, 5.74) is 3.36. The molecule has 0 aromatic carbocycles. The van der Waals surface area contributed by atoms with Gasteiger partial charge in [0.15, 0.2) is 22.5 Å². The van der Waals surface area contributed by atoms with Crippen LogP contribution in [0.4, 0.5) is 0 Å². The summed E-state index contributed by atoms with van der Waals surface area (Å²) in [6.45, 7) is 8.81. The van der Waals surface area contributed by atoms with Gasteiger partial charge in [0.1, 0.15) is 5.76 Å². The van der Waals surface area contributed by atoms with E-state index in [9.17, 15) is 9.59 Å². The molecule has 0 radical (unpaired) electrons. The molecular formula is C19H22N4O3S. The highest BCUT2D eigenvalue weighted by molar-refractivity contribution is 8.00. The van der Waals surface area contributed by atoms with E-state index in [1.807, 2.05) is 31.5 Å². The summed E-state index contributed by atoms with van der Waals surface area (Å²) in [5.74, 6) is 1.33. The van der Waals surface area contributed by atoms with Crippen LogP contribution >= 0.6 is 11.8 Å². The fourth-order valence-corrected chi connectivity index (χ4v) is 4.08. The van der Waals surface area contributed by atoms with E-state index >= 15 is 0 Å². The Morgan fingerprint density at radius 3 is 2.52 bits per heavy atom. The number of rotatable bonds is 6. The van der Waals surface area contributed by atoms with Crippen LogP contribution in [0, 0.1) is 20.8 Å². The van der Waals surface area contributed by atoms with Crippen LogP contribution in [0.5, 0.6) is 0 Å². The Kier molecular flexibility index (Phi) is 5.10. The molecule has 0 amide bonds. The molecule has 8 heteroatoms. The van der Waals surface area contributed by atoms with Gasteiger partial charge in [0, 0.05) is 18.3 Å². The third-order valence-electron chi connectivity index (χ3n) is 4.62. The summed E-state index contributed by atoms with van der Waals surface area (Å²) in [7, 11) is 1.86. The Balaban J connectivity index is 1.84. The largest absolute Gasteiger partial charge is 0.469 e. The van der Waals surface area contributed by atoms with Gasteiger partial charge < -0.3 is 14.0 Å². The molecule has 142 valence electrons. The minimum Gasteiger partial charge on any atom is -0.469 e. The van der Waals surface area contributed by atoms with E-state index in [-0.39, 0.29) is 16.8 Å². The lowest BCUT2D eigenvalue weighted by molar-refractivity contribution is 0.0988. The number of aromatic amines is 1. The Bertz CT molecular complexity index is 1030. The molecule has 3 aromatic rings. The second-order valence-corrected chi connectivity index (χ2v) is 7.87.